The summed E-state index contributed by atoms with van der Waals surface area (Å²) >= 11 is 0. The maximum atomic E-state index is 11.2. The predicted octanol–water partition coefficient (Wildman–Crippen LogP) is 2.45. The number of hydrogen-bond acceptors (Lipinski definition) is 4. The maximum absolute atomic E-state index is 11.2. The van der Waals surface area contributed by atoms with Crippen LogP contribution in [0, 0.1) is 0 Å². The number of hydrogen-bond donors (Lipinski definition) is 0. The van der Waals surface area contributed by atoms with Crippen molar-refractivity contribution in [3.05, 3.63) is 0 Å². The molecule has 0 aromatic heterocycles. The van der Waals surface area contributed by atoms with Crippen molar-refractivity contribution in [2.75, 3.05) is 13.2 Å². The highest BCUT2D eigenvalue weighted by Crippen LogP contribution is 2.01. The van der Waals surface area contributed by atoms with E-state index in [0.29, 0.717) is 26.1 Å². The zero-order valence-electron chi connectivity index (χ0n) is 10.3. The first kappa shape index (κ1) is 14.9. The van der Waals surface area contributed by atoms with Crippen LogP contribution in [0.25, 0.3) is 0 Å². The van der Waals surface area contributed by atoms with Crippen LogP contribution in [0.15, 0.2) is 0 Å². The minimum atomic E-state index is -0.249. The molecule has 0 heterocycles. The number of unbranched alkanes of at least 4 members (excludes halogenated alkanes) is 2. The second-order valence-electron chi connectivity index (χ2n) is 3.59. The van der Waals surface area contributed by atoms with Gasteiger partial charge in [-0.1, -0.05) is 19.8 Å². The summed E-state index contributed by atoms with van der Waals surface area (Å²) in [7, 11) is 0. The number of esters is 2. The fraction of sp³-hybridized carbons (Fsp3) is 0.833. The van der Waals surface area contributed by atoms with Gasteiger partial charge in [0.1, 0.15) is 0 Å². The number of carbonyl (C=O) groups is 2. The lowest BCUT2D eigenvalue weighted by Gasteiger charge is -2.04. The molecule has 0 unspecified atom stereocenters. The van der Waals surface area contributed by atoms with Gasteiger partial charge in [0, 0.05) is 12.8 Å². The maximum Gasteiger partial charge on any atom is 0.305 e. The summed E-state index contributed by atoms with van der Waals surface area (Å²) in [5, 5.41) is 0. The van der Waals surface area contributed by atoms with Gasteiger partial charge in [0.2, 0.25) is 0 Å². The highest BCUT2D eigenvalue weighted by molar-refractivity contribution is 5.72. The monoisotopic (exact) mass is 230 g/mol. The van der Waals surface area contributed by atoms with Gasteiger partial charge in [-0.3, -0.25) is 9.59 Å². The Morgan fingerprint density at radius 3 is 2.06 bits per heavy atom. The summed E-state index contributed by atoms with van der Waals surface area (Å²) in [5.74, 6) is -0.471. The van der Waals surface area contributed by atoms with Gasteiger partial charge in [-0.05, 0) is 19.8 Å². The minimum absolute atomic E-state index is 0.222. The summed E-state index contributed by atoms with van der Waals surface area (Å²) < 4.78 is 9.74. The normalized spacial score (nSPS) is 9.88. The minimum Gasteiger partial charge on any atom is -0.466 e. The molecule has 0 atom stereocenters. The van der Waals surface area contributed by atoms with Crippen LogP contribution in [0.5, 0.6) is 0 Å². The molecule has 0 aliphatic heterocycles. The van der Waals surface area contributed by atoms with Crippen LogP contribution in [0.2, 0.25) is 0 Å². The smallest absolute Gasteiger partial charge is 0.305 e. The Hall–Kier alpha value is -1.06. The van der Waals surface area contributed by atoms with E-state index in [2.05, 4.69) is 6.92 Å². The first-order valence-corrected chi connectivity index (χ1v) is 6.02. The molecule has 0 radical (unpaired) electrons. The van der Waals surface area contributed by atoms with Crippen LogP contribution in [-0.2, 0) is 19.1 Å². The van der Waals surface area contributed by atoms with Crippen LogP contribution in [-0.4, -0.2) is 25.2 Å². The average molecular weight is 230 g/mol. The molecular weight excluding hydrogens is 208 g/mol. The quantitative estimate of drug-likeness (QED) is 0.451. The summed E-state index contributed by atoms with van der Waals surface area (Å²) in [6.07, 6.45) is 4.20. The molecule has 0 saturated heterocycles. The number of ether oxygens (including phenoxy) is 2. The summed E-state index contributed by atoms with van der Waals surface area (Å²) in [5.41, 5.74) is 0. The molecule has 4 heteroatoms. The first-order chi connectivity index (χ1) is 7.70. The van der Waals surface area contributed by atoms with Gasteiger partial charge >= 0.3 is 11.9 Å². The molecule has 0 fully saturated rings. The molecule has 0 aliphatic rings. The Morgan fingerprint density at radius 2 is 1.50 bits per heavy atom. The molecular formula is C12H22O4. The molecule has 0 aliphatic carbocycles. The topological polar surface area (TPSA) is 52.6 Å². The third-order valence-corrected chi connectivity index (χ3v) is 2.08. The summed E-state index contributed by atoms with van der Waals surface area (Å²) in [6, 6.07) is 0. The molecule has 0 N–H and O–H groups in total. The van der Waals surface area contributed by atoms with Crippen molar-refractivity contribution in [1.82, 2.24) is 0 Å². The Balaban J connectivity index is 3.33. The van der Waals surface area contributed by atoms with Gasteiger partial charge in [-0.25, -0.2) is 0 Å². The van der Waals surface area contributed by atoms with E-state index >= 15 is 0 Å². The zero-order valence-corrected chi connectivity index (χ0v) is 10.3. The van der Waals surface area contributed by atoms with E-state index in [0.717, 1.165) is 19.3 Å². The molecule has 94 valence electrons. The average Bonchev–Trinajstić information content (AvgIpc) is 2.25. The summed E-state index contributed by atoms with van der Waals surface area (Å²) in [4.78, 5) is 22.1. The van der Waals surface area contributed by atoms with Gasteiger partial charge in [0.05, 0.1) is 13.2 Å². The van der Waals surface area contributed by atoms with Crippen LogP contribution in [0.1, 0.15) is 52.4 Å². The van der Waals surface area contributed by atoms with E-state index in [4.69, 9.17) is 9.47 Å². The van der Waals surface area contributed by atoms with E-state index in [1.54, 1.807) is 6.92 Å². The van der Waals surface area contributed by atoms with Crippen molar-refractivity contribution >= 4 is 11.9 Å². The second-order valence-corrected chi connectivity index (χ2v) is 3.59. The largest absolute Gasteiger partial charge is 0.466 e. The molecule has 0 bridgehead atoms. The standard InChI is InChI=1S/C12H22O4/c1-3-5-6-10-16-12(14)9-7-8-11(13)15-4-2/h3-10H2,1-2H3. The predicted molar refractivity (Wildman–Crippen MR) is 61.0 cm³/mol. The lowest BCUT2D eigenvalue weighted by Crippen LogP contribution is -2.08. The van der Waals surface area contributed by atoms with Gasteiger partial charge in [0.25, 0.3) is 0 Å². The van der Waals surface area contributed by atoms with E-state index in [9.17, 15) is 9.59 Å². The van der Waals surface area contributed by atoms with Crippen LogP contribution in [0.3, 0.4) is 0 Å². The van der Waals surface area contributed by atoms with Crippen molar-refractivity contribution in [2.24, 2.45) is 0 Å². The third kappa shape index (κ3) is 9.49. The lowest BCUT2D eigenvalue weighted by atomic mass is 10.2. The van der Waals surface area contributed by atoms with Gasteiger partial charge in [-0.15, -0.1) is 0 Å². The SMILES string of the molecule is CCCCCOC(=O)CCCC(=O)OCC. The third-order valence-electron chi connectivity index (χ3n) is 2.08. The van der Waals surface area contributed by atoms with Gasteiger partial charge < -0.3 is 9.47 Å². The van der Waals surface area contributed by atoms with Crippen molar-refractivity contribution in [3.8, 4) is 0 Å². The first-order valence-electron chi connectivity index (χ1n) is 6.02. The highest BCUT2D eigenvalue weighted by atomic mass is 16.5. The van der Waals surface area contributed by atoms with Crippen LogP contribution >= 0.6 is 0 Å². The molecule has 0 aromatic rings. The molecule has 0 saturated carbocycles. The van der Waals surface area contributed by atoms with Crippen molar-refractivity contribution in [3.63, 3.8) is 0 Å². The van der Waals surface area contributed by atoms with E-state index in [-0.39, 0.29) is 18.4 Å². The fourth-order valence-corrected chi connectivity index (χ4v) is 1.22. The number of carbonyl (C=O) groups excluding carboxylic acids is 2. The zero-order chi connectivity index (χ0) is 12.2. The van der Waals surface area contributed by atoms with Crippen LogP contribution < -0.4 is 0 Å². The summed E-state index contributed by atoms with van der Waals surface area (Å²) in [6.45, 7) is 4.74. The molecule has 0 spiro atoms. The molecule has 0 aromatic carbocycles. The Morgan fingerprint density at radius 1 is 0.875 bits per heavy atom. The van der Waals surface area contributed by atoms with Gasteiger partial charge in [0.15, 0.2) is 0 Å². The highest BCUT2D eigenvalue weighted by Gasteiger charge is 2.06. The van der Waals surface area contributed by atoms with Crippen molar-refractivity contribution < 1.29 is 19.1 Å². The Bertz CT molecular complexity index is 201. The second kappa shape index (κ2) is 10.5. The lowest BCUT2D eigenvalue weighted by molar-refractivity contribution is -0.145. The van der Waals surface area contributed by atoms with Crippen molar-refractivity contribution in [1.29, 1.82) is 0 Å². The molecule has 0 rings (SSSR count). The Labute approximate surface area is 97.3 Å². The Kier molecular flexibility index (Phi) is 9.76. The number of rotatable bonds is 9. The molecule has 16 heavy (non-hydrogen) atoms. The van der Waals surface area contributed by atoms with Crippen molar-refractivity contribution in [2.45, 2.75) is 52.4 Å². The van der Waals surface area contributed by atoms with E-state index in [1.807, 2.05) is 0 Å². The van der Waals surface area contributed by atoms with Gasteiger partial charge in [-0.2, -0.15) is 0 Å². The van der Waals surface area contributed by atoms with E-state index in [1.165, 1.54) is 0 Å². The van der Waals surface area contributed by atoms with E-state index < -0.39 is 0 Å². The molecule has 0 amide bonds. The fourth-order valence-electron chi connectivity index (χ4n) is 1.22. The molecule has 4 nitrogen and oxygen atoms in total. The van der Waals surface area contributed by atoms with Crippen LogP contribution in [0.4, 0.5) is 0 Å².